The first-order valence-electron chi connectivity index (χ1n) is 7.99. The lowest BCUT2D eigenvalue weighted by molar-refractivity contribution is 0.0926. The van der Waals surface area contributed by atoms with Gasteiger partial charge in [0.05, 0.1) is 0 Å². The SMILES string of the molecule is COCCCN1CC(CC(C)C)NCC1CC(C)C. The molecule has 2 unspecified atom stereocenters. The van der Waals surface area contributed by atoms with Gasteiger partial charge in [-0.15, -0.1) is 0 Å². The maximum absolute atomic E-state index is 5.20. The molecule has 1 rings (SSSR count). The molecule has 0 bridgehead atoms. The Morgan fingerprint density at radius 2 is 1.84 bits per heavy atom. The van der Waals surface area contributed by atoms with Crippen LogP contribution in [0.4, 0.5) is 0 Å². The van der Waals surface area contributed by atoms with Crippen LogP contribution >= 0.6 is 0 Å². The van der Waals surface area contributed by atoms with E-state index in [0.717, 1.165) is 31.4 Å². The van der Waals surface area contributed by atoms with Crippen molar-refractivity contribution < 1.29 is 4.74 Å². The molecule has 0 saturated carbocycles. The summed E-state index contributed by atoms with van der Waals surface area (Å²) in [4.78, 5) is 2.70. The lowest BCUT2D eigenvalue weighted by Crippen LogP contribution is -2.57. The predicted molar refractivity (Wildman–Crippen MR) is 82.6 cm³/mol. The molecule has 1 N–H and O–H groups in total. The molecule has 0 spiro atoms. The van der Waals surface area contributed by atoms with Crippen LogP contribution in [-0.4, -0.2) is 50.3 Å². The fourth-order valence-corrected chi connectivity index (χ4v) is 3.12. The van der Waals surface area contributed by atoms with Crippen molar-refractivity contribution in [3.63, 3.8) is 0 Å². The molecular weight excluding hydrogens is 236 g/mol. The van der Waals surface area contributed by atoms with E-state index < -0.39 is 0 Å². The molecule has 3 heteroatoms. The second kappa shape index (κ2) is 8.93. The topological polar surface area (TPSA) is 24.5 Å². The summed E-state index contributed by atoms with van der Waals surface area (Å²) in [6.07, 6.45) is 3.74. The van der Waals surface area contributed by atoms with Gasteiger partial charge in [-0.05, 0) is 31.1 Å². The van der Waals surface area contributed by atoms with E-state index in [1.54, 1.807) is 7.11 Å². The fourth-order valence-electron chi connectivity index (χ4n) is 3.12. The molecule has 114 valence electrons. The first-order valence-corrected chi connectivity index (χ1v) is 7.99. The first kappa shape index (κ1) is 16.9. The molecular formula is C16H34N2O. The maximum atomic E-state index is 5.20. The molecule has 1 aliphatic heterocycles. The Kier molecular flexibility index (Phi) is 7.96. The van der Waals surface area contributed by atoms with Gasteiger partial charge >= 0.3 is 0 Å². The highest BCUT2D eigenvalue weighted by molar-refractivity contribution is 4.87. The quantitative estimate of drug-likeness (QED) is 0.686. The lowest BCUT2D eigenvalue weighted by Gasteiger charge is -2.42. The summed E-state index contributed by atoms with van der Waals surface area (Å²) < 4.78 is 5.20. The average molecular weight is 270 g/mol. The molecule has 0 radical (unpaired) electrons. The molecule has 1 aliphatic rings. The van der Waals surface area contributed by atoms with Crippen LogP contribution in [-0.2, 0) is 4.74 Å². The minimum absolute atomic E-state index is 0.672. The summed E-state index contributed by atoms with van der Waals surface area (Å²) in [7, 11) is 1.80. The van der Waals surface area contributed by atoms with E-state index in [1.165, 1.54) is 25.9 Å². The Bertz CT molecular complexity index is 231. The first-order chi connectivity index (χ1) is 9.02. The van der Waals surface area contributed by atoms with Gasteiger partial charge in [0.15, 0.2) is 0 Å². The van der Waals surface area contributed by atoms with Crippen molar-refractivity contribution in [1.29, 1.82) is 0 Å². The number of ether oxygens (including phenoxy) is 1. The summed E-state index contributed by atoms with van der Waals surface area (Å²) >= 11 is 0. The Balaban J connectivity index is 2.47. The van der Waals surface area contributed by atoms with E-state index in [9.17, 15) is 0 Å². The molecule has 1 heterocycles. The molecule has 2 atom stereocenters. The summed E-state index contributed by atoms with van der Waals surface area (Å²) in [6, 6.07) is 1.38. The van der Waals surface area contributed by atoms with E-state index >= 15 is 0 Å². The van der Waals surface area contributed by atoms with Gasteiger partial charge in [-0.25, -0.2) is 0 Å². The Morgan fingerprint density at radius 1 is 1.16 bits per heavy atom. The molecule has 0 aliphatic carbocycles. The fraction of sp³-hybridized carbons (Fsp3) is 1.00. The van der Waals surface area contributed by atoms with Gasteiger partial charge in [0, 0.05) is 45.4 Å². The highest BCUT2D eigenvalue weighted by Gasteiger charge is 2.28. The van der Waals surface area contributed by atoms with E-state index in [1.807, 2.05) is 0 Å². The monoisotopic (exact) mass is 270 g/mol. The minimum atomic E-state index is 0.672. The minimum Gasteiger partial charge on any atom is -0.385 e. The zero-order valence-corrected chi connectivity index (χ0v) is 13.6. The second-order valence-electron chi connectivity index (χ2n) is 6.86. The van der Waals surface area contributed by atoms with Crippen LogP contribution in [0, 0.1) is 11.8 Å². The van der Waals surface area contributed by atoms with Gasteiger partial charge in [0.2, 0.25) is 0 Å². The van der Waals surface area contributed by atoms with E-state index in [4.69, 9.17) is 4.74 Å². The molecule has 0 aromatic heterocycles. The van der Waals surface area contributed by atoms with Crippen LogP contribution in [0.2, 0.25) is 0 Å². The third kappa shape index (κ3) is 6.73. The normalized spacial score (nSPS) is 25.4. The number of methoxy groups -OCH3 is 1. The molecule has 0 aromatic rings. The van der Waals surface area contributed by atoms with Crippen LogP contribution in [0.25, 0.3) is 0 Å². The van der Waals surface area contributed by atoms with Crippen LogP contribution in [0.15, 0.2) is 0 Å². The zero-order chi connectivity index (χ0) is 14.3. The average Bonchev–Trinajstić information content (AvgIpc) is 2.31. The van der Waals surface area contributed by atoms with Crippen LogP contribution in [0.1, 0.15) is 47.0 Å². The molecule has 1 saturated heterocycles. The largest absolute Gasteiger partial charge is 0.385 e. The third-order valence-corrected chi connectivity index (χ3v) is 3.91. The molecule has 0 aromatic carbocycles. The Labute approximate surface area is 120 Å². The zero-order valence-electron chi connectivity index (χ0n) is 13.6. The summed E-state index contributed by atoms with van der Waals surface area (Å²) in [5.74, 6) is 1.55. The number of piperazine rings is 1. The van der Waals surface area contributed by atoms with Crippen molar-refractivity contribution in [3.05, 3.63) is 0 Å². The van der Waals surface area contributed by atoms with Crippen molar-refractivity contribution in [3.8, 4) is 0 Å². The standard InChI is InChI=1S/C16H34N2O/c1-13(2)9-15-12-18(7-6-8-19-5)16(11-17-15)10-14(3)4/h13-17H,6-12H2,1-5H3. The Morgan fingerprint density at radius 3 is 2.42 bits per heavy atom. The van der Waals surface area contributed by atoms with E-state index in [-0.39, 0.29) is 0 Å². The van der Waals surface area contributed by atoms with Gasteiger partial charge in [0.25, 0.3) is 0 Å². The van der Waals surface area contributed by atoms with Gasteiger partial charge in [-0.2, -0.15) is 0 Å². The van der Waals surface area contributed by atoms with Crippen molar-refractivity contribution in [2.75, 3.05) is 33.4 Å². The van der Waals surface area contributed by atoms with Gasteiger partial charge < -0.3 is 10.1 Å². The number of hydrogen-bond acceptors (Lipinski definition) is 3. The van der Waals surface area contributed by atoms with Gasteiger partial charge in [-0.1, -0.05) is 27.7 Å². The lowest BCUT2D eigenvalue weighted by atomic mass is 9.95. The Hall–Kier alpha value is -0.120. The highest BCUT2D eigenvalue weighted by atomic mass is 16.5. The van der Waals surface area contributed by atoms with E-state index in [2.05, 4.69) is 37.9 Å². The number of nitrogens with zero attached hydrogens (tertiary/aromatic N) is 1. The van der Waals surface area contributed by atoms with Crippen molar-refractivity contribution in [1.82, 2.24) is 10.2 Å². The van der Waals surface area contributed by atoms with Crippen molar-refractivity contribution in [2.24, 2.45) is 11.8 Å². The second-order valence-corrected chi connectivity index (χ2v) is 6.86. The number of rotatable bonds is 8. The number of nitrogens with one attached hydrogen (secondary N) is 1. The predicted octanol–water partition coefficient (Wildman–Crippen LogP) is 2.76. The van der Waals surface area contributed by atoms with Crippen LogP contribution < -0.4 is 5.32 Å². The molecule has 0 amide bonds. The van der Waals surface area contributed by atoms with Crippen molar-refractivity contribution >= 4 is 0 Å². The molecule has 3 nitrogen and oxygen atoms in total. The number of hydrogen-bond donors (Lipinski definition) is 1. The van der Waals surface area contributed by atoms with E-state index in [0.29, 0.717) is 12.1 Å². The third-order valence-electron chi connectivity index (χ3n) is 3.91. The highest BCUT2D eigenvalue weighted by Crippen LogP contribution is 2.18. The molecule has 19 heavy (non-hydrogen) atoms. The van der Waals surface area contributed by atoms with Gasteiger partial charge in [0.1, 0.15) is 0 Å². The van der Waals surface area contributed by atoms with Crippen LogP contribution in [0.3, 0.4) is 0 Å². The summed E-state index contributed by atoms with van der Waals surface area (Å²) in [5, 5.41) is 3.75. The smallest absolute Gasteiger partial charge is 0.0474 e. The van der Waals surface area contributed by atoms with Gasteiger partial charge in [-0.3, -0.25) is 4.90 Å². The summed E-state index contributed by atoms with van der Waals surface area (Å²) in [6.45, 7) is 13.7. The maximum Gasteiger partial charge on any atom is 0.0474 e. The molecule has 1 fully saturated rings. The van der Waals surface area contributed by atoms with Crippen LogP contribution in [0.5, 0.6) is 0 Å². The summed E-state index contributed by atoms with van der Waals surface area (Å²) in [5.41, 5.74) is 0. The van der Waals surface area contributed by atoms with Crippen molar-refractivity contribution in [2.45, 2.75) is 59.0 Å².